The third-order valence-electron chi connectivity index (χ3n) is 4.82. The molecule has 21 heavy (non-hydrogen) atoms. The van der Waals surface area contributed by atoms with Crippen LogP contribution in [0.5, 0.6) is 0 Å². The molecule has 1 aliphatic carbocycles. The van der Waals surface area contributed by atoms with Crippen molar-refractivity contribution in [3.05, 3.63) is 29.3 Å². The van der Waals surface area contributed by atoms with E-state index in [-0.39, 0.29) is 0 Å². The van der Waals surface area contributed by atoms with E-state index in [1.165, 1.54) is 31.4 Å². The summed E-state index contributed by atoms with van der Waals surface area (Å²) in [6, 6.07) is 7.32. The summed E-state index contributed by atoms with van der Waals surface area (Å²) in [5.41, 5.74) is 4.41. The molecule has 1 unspecified atom stereocenters. The maximum absolute atomic E-state index is 5.92. The lowest BCUT2D eigenvalue weighted by Crippen LogP contribution is -2.48. The van der Waals surface area contributed by atoms with E-state index < -0.39 is 0 Å². The quantitative estimate of drug-likeness (QED) is 0.921. The summed E-state index contributed by atoms with van der Waals surface area (Å²) in [4.78, 5) is 2.51. The van der Waals surface area contributed by atoms with Gasteiger partial charge in [0.15, 0.2) is 0 Å². The number of hydrogen-bond donors (Lipinski definition) is 1. The average Bonchev–Trinajstić information content (AvgIpc) is 2.53. The fourth-order valence-corrected chi connectivity index (χ4v) is 3.51. The monoisotopic (exact) mass is 288 g/mol. The van der Waals surface area contributed by atoms with Gasteiger partial charge in [-0.25, -0.2) is 0 Å². The highest BCUT2D eigenvalue weighted by Crippen LogP contribution is 2.27. The molecule has 1 N–H and O–H groups in total. The number of hydrogen-bond acceptors (Lipinski definition) is 3. The van der Waals surface area contributed by atoms with Gasteiger partial charge >= 0.3 is 0 Å². The minimum absolute atomic E-state index is 0.306. The smallest absolute Gasteiger partial charge is 0.0874 e. The second kappa shape index (κ2) is 6.80. The van der Waals surface area contributed by atoms with Gasteiger partial charge in [0.05, 0.1) is 12.7 Å². The minimum Gasteiger partial charge on any atom is -0.382 e. The zero-order valence-corrected chi connectivity index (χ0v) is 13.4. The maximum Gasteiger partial charge on any atom is 0.0874 e. The van der Waals surface area contributed by atoms with Gasteiger partial charge in [-0.3, -0.25) is 4.90 Å². The molecule has 1 atom stereocenters. The highest BCUT2D eigenvalue weighted by molar-refractivity contribution is 5.55. The fourth-order valence-electron chi connectivity index (χ4n) is 3.51. The Bertz CT molecular complexity index is 472. The minimum atomic E-state index is 0.306. The molecule has 1 heterocycles. The summed E-state index contributed by atoms with van der Waals surface area (Å²) in [6.07, 6.45) is 5.44. The van der Waals surface area contributed by atoms with Crippen molar-refractivity contribution < 1.29 is 4.74 Å². The van der Waals surface area contributed by atoms with Crippen LogP contribution in [0, 0.1) is 0 Å². The predicted octanol–water partition coefficient (Wildman–Crippen LogP) is 3.09. The number of anilines is 1. The molecule has 3 heteroatoms. The van der Waals surface area contributed by atoms with Crippen LogP contribution in [0.1, 0.15) is 37.8 Å². The number of aryl methyl sites for hydroxylation is 1. The van der Waals surface area contributed by atoms with Crippen LogP contribution in [-0.2, 0) is 17.6 Å². The van der Waals surface area contributed by atoms with E-state index >= 15 is 0 Å². The first kappa shape index (κ1) is 14.9. The van der Waals surface area contributed by atoms with Crippen molar-refractivity contribution in [1.29, 1.82) is 0 Å². The Morgan fingerprint density at radius 3 is 3.00 bits per heavy atom. The van der Waals surface area contributed by atoms with Crippen molar-refractivity contribution in [2.75, 3.05) is 31.6 Å². The van der Waals surface area contributed by atoms with Crippen LogP contribution in [0.15, 0.2) is 18.2 Å². The Morgan fingerprint density at radius 2 is 2.14 bits per heavy atom. The summed E-state index contributed by atoms with van der Waals surface area (Å²) in [5.74, 6) is 0. The highest BCUT2D eigenvalue weighted by atomic mass is 16.5. The highest BCUT2D eigenvalue weighted by Gasteiger charge is 2.22. The van der Waals surface area contributed by atoms with Gasteiger partial charge in [0.25, 0.3) is 0 Å². The molecule has 0 aromatic heterocycles. The van der Waals surface area contributed by atoms with E-state index in [4.69, 9.17) is 4.74 Å². The molecule has 0 radical (unpaired) electrons. The Morgan fingerprint density at radius 1 is 1.29 bits per heavy atom. The Balaban J connectivity index is 1.60. The zero-order chi connectivity index (χ0) is 14.7. The number of fused-ring (bicyclic) bond motifs is 1. The lowest BCUT2D eigenvalue weighted by atomic mass is 9.90. The molecule has 1 aromatic carbocycles. The van der Waals surface area contributed by atoms with Crippen molar-refractivity contribution in [3.8, 4) is 0 Å². The first-order chi connectivity index (χ1) is 10.2. The lowest BCUT2D eigenvalue weighted by Gasteiger charge is -2.35. The summed E-state index contributed by atoms with van der Waals surface area (Å²) < 4.78 is 5.92. The Kier molecular flexibility index (Phi) is 4.81. The number of nitrogens with one attached hydrogen (secondary N) is 1. The first-order valence-corrected chi connectivity index (χ1v) is 8.44. The van der Waals surface area contributed by atoms with E-state index in [2.05, 4.69) is 42.3 Å². The number of nitrogens with zero attached hydrogens (tertiary/aromatic N) is 1. The molecule has 1 aliphatic heterocycles. The topological polar surface area (TPSA) is 24.5 Å². The lowest BCUT2D eigenvalue weighted by molar-refractivity contribution is -0.0315. The van der Waals surface area contributed by atoms with Crippen molar-refractivity contribution >= 4 is 5.69 Å². The van der Waals surface area contributed by atoms with Gasteiger partial charge < -0.3 is 10.1 Å². The molecule has 2 aliphatic rings. The summed E-state index contributed by atoms with van der Waals surface area (Å²) in [7, 11) is 0. The van der Waals surface area contributed by atoms with Gasteiger partial charge in [-0.2, -0.15) is 0 Å². The summed E-state index contributed by atoms with van der Waals surface area (Å²) in [6.45, 7) is 8.42. The summed E-state index contributed by atoms with van der Waals surface area (Å²) in [5, 5.41) is 3.65. The molecule has 3 rings (SSSR count). The van der Waals surface area contributed by atoms with Gasteiger partial charge in [-0.05, 0) is 56.7 Å². The SMILES string of the molecule is CC(C)N1CCOC(CNc2cccc3c2CCCC3)C1. The molecule has 0 spiro atoms. The predicted molar refractivity (Wildman–Crippen MR) is 88.0 cm³/mol. The number of rotatable bonds is 4. The van der Waals surface area contributed by atoms with Crippen LogP contribution in [0.3, 0.4) is 0 Å². The van der Waals surface area contributed by atoms with Gasteiger partial charge in [0, 0.05) is 31.4 Å². The second-order valence-electron chi connectivity index (χ2n) is 6.61. The van der Waals surface area contributed by atoms with Crippen molar-refractivity contribution in [2.45, 2.75) is 51.7 Å². The maximum atomic E-state index is 5.92. The van der Waals surface area contributed by atoms with Crippen molar-refractivity contribution in [2.24, 2.45) is 0 Å². The zero-order valence-electron chi connectivity index (χ0n) is 13.4. The van der Waals surface area contributed by atoms with Gasteiger partial charge in [-0.15, -0.1) is 0 Å². The van der Waals surface area contributed by atoms with Crippen molar-refractivity contribution in [3.63, 3.8) is 0 Å². The van der Waals surface area contributed by atoms with E-state index in [1.807, 2.05) is 0 Å². The standard InChI is InChI=1S/C18H28N2O/c1-14(2)20-10-11-21-16(13-20)12-19-18-9-5-7-15-6-3-4-8-17(15)18/h5,7,9,14,16,19H,3-4,6,8,10-13H2,1-2H3. The van der Waals surface area contributed by atoms with E-state index in [0.717, 1.165) is 26.2 Å². The molecule has 1 saturated heterocycles. The molecule has 1 aromatic rings. The molecule has 0 saturated carbocycles. The van der Waals surface area contributed by atoms with Crippen LogP contribution < -0.4 is 5.32 Å². The van der Waals surface area contributed by atoms with Crippen LogP contribution in [0.2, 0.25) is 0 Å². The van der Waals surface area contributed by atoms with Gasteiger partial charge in [-0.1, -0.05) is 12.1 Å². The molecular weight excluding hydrogens is 260 g/mol. The molecular formula is C18H28N2O. The molecule has 0 bridgehead atoms. The van der Waals surface area contributed by atoms with Crippen LogP contribution in [0.25, 0.3) is 0 Å². The van der Waals surface area contributed by atoms with Crippen molar-refractivity contribution in [1.82, 2.24) is 4.90 Å². The van der Waals surface area contributed by atoms with E-state index in [9.17, 15) is 0 Å². The Hall–Kier alpha value is -1.06. The molecule has 0 amide bonds. The molecule has 1 fully saturated rings. The van der Waals surface area contributed by atoms with Crippen LogP contribution >= 0.6 is 0 Å². The van der Waals surface area contributed by atoms with E-state index in [0.29, 0.717) is 12.1 Å². The Labute approximate surface area is 128 Å². The second-order valence-corrected chi connectivity index (χ2v) is 6.61. The third-order valence-corrected chi connectivity index (χ3v) is 4.82. The molecule has 116 valence electrons. The first-order valence-electron chi connectivity index (χ1n) is 8.44. The van der Waals surface area contributed by atoms with Gasteiger partial charge in [0.2, 0.25) is 0 Å². The van der Waals surface area contributed by atoms with Gasteiger partial charge in [0.1, 0.15) is 0 Å². The fraction of sp³-hybridized carbons (Fsp3) is 0.667. The normalized spacial score (nSPS) is 23.1. The molecule has 3 nitrogen and oxygen atoms in total. The summed E-state index contributed by atoms with van der Waals surface area (Å²) >= 11 is 0. The number of ether oxygens (including phenoxy) is 1. The third kappa shape index (κ3) is 3.58. The number of morpholine rings is 1. The van der Waals surface area contributed by atoms with Crippen LogP contribution in [0.4, 0.5) is 5.69 Å². The van der Waals surface area contributed by atoms with E-state index in [1.54, 1.807) is 11.1 Å². The average molecular weight is 288 g/mol. The largest absolute Gasteiger partial charge is 0.382 e. The number of benzene rings is 1. The van der Waals surface area contributed by atoms with Crippen LogP contribution in [-0.4, -0.2) is 43.3 Å².